The number of rotatable bonds is 11. The maximum absolute atomic E-state index is 11.7. The van der Waals surface area contributed by atoms with Gasteiger partial charge < -0.3 is 14.3 Å². The van der Waals surface area contributed by atoms with Gasteiger partial charge in [0.15, 0.2) is 6.10 Å². The monoisotopic (exact) mass is 312 g/mol. The maximum Gasteiger partial charge on any atom is 0.331 e. The average molecular weight is 312 g/mol. The van der Waals surface area contributed by atoms with Crippen molar-refractivity contribution in [2.24, 2.45) is 0 Å². The third-order valence-corrected chi connectivity index (χ3v) is 2.89. The van der Waals surface area contributed by atoms with E-state index in [0.29, 0.717) is 11.0 Å². The lowest BCUT2D eigenvalue weighted by atomic mass is 10.2. The van der Waals surface area contributed by atoms with Crippen LogP contribution in [0.15, 0.2) is 24.3 Å². The number of unbranched alkanes of at least 4 members (excludes halogenated alkanes) is 3. The van der Waals surface area contributed by atoms with Gasteiger partial charge in [-0.3, -0.25) is 4.79 Å². The van der Waals surface area contributed by atoms with Crippen LogP contribution >= 0.6 is 0 Å². The van der Waals surface area contributed by atoms with E-state index in [0.717, 1.165) is 12.8 Å². The van der Waals surface area contributed by atoms with E-state index in [9.17, 15) is 9.59 Å². The molecule has 0 aliphatic heterocycles. The van der Waals surface area contributed by atoms with Gasteiger partial charge in [0.25, 0.3) is 0 Å². The quantitative estimate of drug-likeness (QED) is 0.209. The Morgan fingerprint density at radius 2 is 1.86 bits per heavy atom. The molecule has 0 saturated carbocycles. The Labute approximate surface area is 133 Å². The number of quaternary nitrogens is 1. The Kier molecular flexibility index (Phi) is 10.2. The molecule has 22 heavy (non-hydrogen) atoms. The Hall–Kier alpha value is -1.62. The van der Waals surface area contributed by atoms with E-state index in [-0.39, 0.29) is 6.42 Å². The molecule has 0 saturated heterocycles. The van der Waals surface area contributed by atoms with E-state index in [1.807, 2.05) is 33.3 Å². The second kappa shape index (κ2) is 11.0. The fraction of sp³-hybridized carbons (Fsp3) is 0.647. The third-order valence-electron chi connectivity index (χ3n) is 2.89. The van der Waals surface area contributed by atoms with Crippen LogP contribution in [-0.2, 0) is 14.3 Å². The number of carboxylic acid groups (broad SMARTS) is 1. The lowest BCUT2D eigenvalue weighted by molar-refractivity contribution is -0.873. The van der Waals surface area contributed by atoms with Crippen molar-refractivity contribution in [3.8, 4) is 0 Å². The van der Waals surface area contributed by atoms with Gasteiger partial charge in [-0.2, -0.15) is 0 Å². The molecule has 0 rings (SSSR count). The van der Waals surface area contributed by atoms with Crippen LogP contribution in [0.3, 0.4) is 0 Å². The lowest BCUT2D eigenvalue weighted by Crippen LogP contribution is -2.43. The highest BCUT2D eigenvalue weighted by Gasteiger charge is 2.23. The second-order valence-corrected chi connectivity index (χ2v) is 6.41. The number of allylic oxidation sites excluding steroid dienone is 3. The Morgan fingerprint density at radius 1 is 1.18 bits per heavy atom. The van der Waals surface area contributed by atoms with E-state index in [2.05, 4.69) is 6.92 Å². The molecule has 1 atom stereocenters. The standard InChI is InChI=1S/C17H29NO4/c1-5-6-7-8-9-10-11-12-17(21)22-15(13-16(19)20)14-18(2,3)4/h9-12,15H,5-8,13-14H2,1-4H3/p+1. The van der Waals surface area contributed by atoms with E-state index < -0.39 is 18.0 Å². The molecule has 0 aromatic carbocycles. The van der Waals surface area contributed by atoms with Crippen LogP contribution in [0, 0.1) is 0 Å². The molecule has 0 aromatic rings. The van der Waals surface area contributed by atoms with E-state index in [4.69, 9.17) is 9.84 Å². The summed E-state index contributed by atoms with van der Waals surface area (Å²) in [5.74, 6) is -1.47. The van der Waals surface area contributed by atoms with Crippen LogP contribution in [-0.4, -0.2) is 55.3 Å². The summed E-state index contributed by atoms with van der Waals surface area (Å²) in [7, 11) is 5.78. The first-order valence-electron chi connectivity index (χ1n) is 7.80. The molecular weight excluding hydrogens is 282 g/mol. The second-order valence-electron chi connectivity index (χ2n) is 6.41. The number of hydrogen-bond donors (Lipinski definition) is 1. The van der Waals surface area contributed by atoms with Crippen molar-refractivity contribution >= 4 is 11.9 Å². The van der Waals surface area contributed by atoms with Gasteiger partial charge in [-0.05, 0) is 12.8 Å². The highest BCUT2D eigenvalue weighted by molar-refractivity contribution is 5.82. The van der Waals surface area contributed by atoms with Crippen LogP contribution in [0.2, 0.25) is 0 Å². The fourth-order valence-corrected chi connectivity index (χ4v) is 1.97. The van der Waals surface area contributed by atoms with Gasteiger partial charge in [0, 0.05) is 6.08 Å². The number of carboxylic acids is 1. The van der Waals surface area contributed by atoms with Crippen molar-refractivity contribution in [3.05, 3.63) is 24.3 Å². The molecule has 0 amide bonds. The van der Waals surface area contributed by atoms with E-state index in [1.165, 1.54) is 18.9 Å². The number of likely N-dealkylation sites (N-methyl/N-ethyl adjacent to an activating group) is 1. The van der Waals surface area contributed by atoms with Gasteiger partial charge in [0.2, 0.25) is 0 Å². The molecule has 1 N–H and O–H groups in total. The highest BCUT2D eigenvalue weighted by Crippen LogP contribution is 2.06. The number of carbonyl (C=O) groups is 2. The predicted octanol–water partition coefficient (Wildman–Crippen LogP) is 2.77. The van der Waals surface area contributed by atoms with E-state index >= 15 is 0 Å². The molecule has 5 heteroatoms. The number of nitrogens with zero attached hydrogens (tertiary/aromatic N) is 1. The maximum atomic E-state index is 11.7. The molecule has 0 radical (unpaired) electrons. The molecule has 1 unspecified atom stereocenters. The molecule has 0 bridgehead atoms. The van der Waals surface area contributed by atoms with Gasteiger partial charge in [-0.25, -0.2) is 4.79 Å². The summed E-state index contributed by atoms with van der Waals surface area (Å²) in [5, 5.41) is 8.88. The first kappa shape index (κ1) is 20.4. The van der Waals surface area contributed by atoms with Crippen molar-refractivity contribution < 1.29 is 23.9 Å². The summed E-state index contributed by atoms with van der Waals surface area (Å²) >= 11 is 0. The first-order valence-corrected chi connectivity index (χ1v) is 7.80. The number of hydrogen-bond acceptors (Lipinski definition) is 3. The van der Waals surface area contributed by atoms with Gasteiger partial charge in [0.1, 0.15) is 6.54 Å². The topological polar surface area (TPSA) is 63.6 Å². The largest absolute Gasteiger partial charge is 0.481 e. The van der Waals surface area contributed by atoms with Crippen molar-refractivity contribution in [2.45, 2.75) is 45.1 Å². The zero-order valence-electron chi connectivity index (χ0n) is 14.2. The van der Waals surface area contributed by atoms with Gasteiger partial charge in [0.05, 0.1) is 27.6 Å². The van der Waals surface area contributed by atoms with Crippen LogP contribution in [0.25, 0.3) is 0 Å². The summed E-state index contributed by atoms with van der Waals surface area (Å²) in [5.41, 5.74) is 0. The van der Waals surface area contributed by atoms with Crippen molar-refractivity contribution in [1.82, 2.24) is 0 Å². The molecule has 0 fully saturated rings. The minimum absolute atomic E-state index is 0.179. The molecular formula is C17H30NO4+. The fourth-order valence-electron chi connectivity index (χ4n) is 1.97. The van der Waals surface area contributed by atoms with Gasteiger partial charge in [-0.1, -0.05) is 38.0 Å². The molecule has 126 valence electrons. The molecule has 0 aromatic heterocycles. The number of aliphatic carboxylic acids is 1. The van der Waals surface area contributed by atoms with E-state index in [1.54, 1.807) is 6.08 Å². The van der Waals surface area contributed by atoms with Gasteiger partial charge in [-0.15, -0.1) is 0 Å². The van der Waals surface area contributed by atoms with Gasteiger partial charge >= 0.3 is 11.9 Å². The average Bonchev–Trinajstić information content (AvgIpc) is 2.34. The summed E-state index contributed by atoms with van der Waals surface area (Å²) in [6.45, 7) is 2.61. The lowest BCUT2D eigenvalue weighted by Gasteiger charge is -2.28. The smallest absolute Gasteiger partial charge is 0.331 e. The zero-order valence-corrected chi connectivity index (χ0v) is 14.2. The molecule has 0 aliphatic carbocycles. The minimum atomic E-state index is -0.967. The molecule has 0 aliphatic rings. The Balaban J connectivity index is 4.29. The van der Waals surface area contributed by atoms with Crippen LogP contribution in [0.5, 0.6) is 0 Å². The molecule has 5 nitrogen and oxygen atoms in total. The van der Waals surface area contributed by atoms with Crippen LogP contribution in [0.1, 0.15) is 39.0 Å². The summed E-state index contributed by atoms with van der Waals surface area (Å²) < 4.78 is 5.76. The first-order chi connectivity index (χ1) is 10.2. The normalized spacial score (nSPS) is 13.6. The molecule has 0 spiro atoms. The minimum Gasteiger partial charge on any atom is -0.481 e. The van der Waals surface area contributed by atoms with Crippen LogP contribution in [0.4, 0.5) is 0 Å². The van der Waals surface area contributed by atoms with Crippen molar-refractivity contribution in [2.75, 3.05) is 27.7 Å². The predicted molar refractivity (Wildman–Crippen MR) is 87.5 cm³/mol. The zero-order chi connectivity index (χ0) is 17.0. The number of esters is 1. The van der Waals surface area contributed by atoms with Crippen LogP contribution < -0.4 is 0 Å². The van der Waals surface area contributed by atoms with Crippen molar-refractivity contribution in [1.29, 1.82) is 0 Å². The molecule has 0 heterocycles. The number of ether oxygens (including phenoxy) is 1. The summed E-state index contributed by atoms with van der Waals surface area (Å²) in [6.07, 6.45) is 10.5. The SMILES string of the molecule is CCCCCC=CC=CC(=O)OC(CC(=O)O)C[N+](C)(C)C. The number of carbonyl (C=O) groups excluding carboxylic acids is 1. The Bertz CT molecular complexity index is 394. The highest BCUT2D eigenvalue weighted by atomic mass is 16.5. The summed E-state index contributed by atoms with van der Waals surface area (Å²) in [4.78, 5) is 22.5. The van der Waals surface area contributed by atoms with Crippen molar-refractivity contribution in [3.63, 3.8) is 0 Å². The Morgan fingerprint density at radius 3 is 2.41 bits per heavy atom. The third kappa shape index (κ3) is 13.4. The summed E-state index contributed by atoms with van der Waals surface area (Å²) in [6, 6.07) is 0.